The van der Waals surface area contributed by atoms with E-state index in [9.17, 15) is 14.0 Å². The summed E-state index contributed by atoms with van der Waals surface area (Å²) in [7, 11) is 1.41. The molecule has 0 spiro atoms. The van der Waals surface area contributed by atoms with Crippen LogP contribution in [0.25, 0.3) is 0 Å². The molecular formula is C23H19ClFN3O4. The summed E-state index contributed by atoms with van der Waals surface area (Å²) in [4.78, 5) is 24.1. The molecule has 0 fully saturated rings. The van der Waals surface area contributed by atoms with E-state index in [4.69, 9.17) is 21.1 Å². The van der Waals surface area contributed by atoms with Gasteiger partial charge in [-0.15, -0.1) is 0 Å². The summed E-state index contributed by atoms with van der Waals surface area (Å²) in [5.41, 5.74) is 3.46. The summed E-state index contributed by atoms with van der Waals surface area (Å²) < 4.78 is 24.4. The lowest BCUT2D eigenvalue weighted by Crippen LogP contribution is -2.21. The second-order valence-corrected chi connectivity index (χ2v) is 6.82. The summed E-state index contributed by atoms with van der Waals surface area (Å²) in [6.07, 6.45) is 1.39. The fourth-order valence-electron chi connectivity index (χ4n) is 2.66. The molecule has 0 aromatic heterocycles. The molecule has 3 rings (SSSR count). The van der Waals surface area contributed by atoms with Crippen molar-refractivity contribution in [3.05, 3.63) is 88.7 Å². The highest BCUT2D eigenvalue weighted by Gasteiger charge is 2.14. The van der Waals surface area contributed by atoms with Crippen molar-refractivity contribution < 1.29 is 23.5 Å². The lowest BCUT2D eigenvalue weighted by atomic mass is 10.2. The molecule has 9 heteroatoms. The lowest BCUT2D eigenvalue weighted by Gasteiger charge is -2.13. The fraction of sp³-hybridized carbons (Fsp3) is 0.0870. The van der Waals surface area contributed by atoms with Gasteiger partial charge in [0, 0.05) is 5.56 Å². The molecule has 2 N–H and O–H groups in total. The molecule has 164 valence electrons. The average Bonchev–Trinajstić information content (AvgIpc) is 2.80. The van der Waals surface area contributed by atoms with Gasteiger partial charge in [0.05, 0.1) is 24.0 Å². The number of amides is 2. The first-order valence-electron chi connectivity index (χ1n) is 9.41. The molecule has 0 saturated heterocycles. The van der Waals surface area contributed by atoms with Crippen LogP contribution >= 0.6 is 11.6 Å². The van der Waals surface area contributed by atoms with Crippen LogP contribution < -0.4 is 20.2 Å². The molecule has 2 amide bonds. The number of ether oxygens (including phenoxy) is 2. The number of rotatable bonds is 8. The quantitative estimate of drug-likeness (QED) is 0.392. The SMILES string of the molecule is COc1cc(/C=N/NC(=O)c2ccccc2)cc(Cl)c1OCC(=O)Nc1ccccc1F. The molecule has 0 aliphatic rings. The molecule has 0 unspecified atom stereocenters. The lowest BCUT2D eigenvalue weighted by molar-refractivity contribution is -0.118. The first kappa shape index (κ1) is 22.8. The van der Waals surface area contributed by atoms with E-state index in [0.29, 0.717) is 11.1 Å². The fourth-order valence-corrected chi connectivity index (χ4v) is 2.93. The number of nitrogens with zero attached hydrogens (tertiary/aromatic N) is 1. The topological polar surface area (TPSA) is 89.0 Å². The van der Waals surface area contributed by atoms with Crippen molar-refractivity contribution in [3.8, 4) is 11.5 Å². The zero-order valence-electron chi connectivity index (χ0n) is 17.0. The zero-order chi connectivity index (χ0) is 22.9. The summed E-state index contributed by atoms with van der Waals surface area (Å²) in [5, 5.41) is 6.50. The maximum Gasteiger partial charge on any atom is 0.271 e. The molecule has 32 heavy (non-hydrogen) atoms. The summed E-state index contributed by atoms with van der Waals surface area (Å²) >= 11 is 6.27. The number of benzene rings is 3. The second kappa shape index (κ2) is 10.9. The Bertz CT molecular complexity index is 1140. The number of anilines is 1. The van der Waals surface area contributed by atoms with Crippen LogP contribution in [0.15, 0.2) is 71.8 Å². The van der Waals surface area contributed by atoms with Crippen LogP contribution in [0.5, 0.6) is 11.5 Å². The van der Waals surface area contributed by atoms with Gasteiger partial charge < -0.3 is 14.8 Å². The maximum atomic E-state index is 13.7. The molecule has 0 aliphatic heterocycles. The Hall–Kier alpha value is -3.91. The number of nitrogens with one attached hydrogen (secondary N) is 2. The third-order valence-electron chi connectivity index (χ3n) is 4.16. The second-order valence-electron chi connectivity index (χ2n) is 6.42. The number of hydrogen-bond donors (Lipinski definition) is 2. The van der Waals surface area contributed by atoms with Gasteiger partial charge >= 0.3 is 0 Å². The average molecular weight is 456 g/mol. The third-order valence-corrected chi connectivity index (χ3v) is 4.44. The number of methoxy groups -OCH3 is 1. The Morgan fingerprint density at radius 1 is 1.09 bits per heavy atom. The Balaban J connectivity index is 1.63. The first-order chi connectivity index (χ1) is 15.5. The summed E-state index contributed by atoms with van der Waals surface area (Å²) in [6, 6.07) is 17.5. The number of carbonyl (C=O) groups excluding carboxylic acids is 2. The predicted octanol–water partition coefficient (Wildman–Crippen LogP) is 4.27. The van der Waals surface area contributed by atoms with Crippen molar-refractivity contribution in [2.24, 2.45) is 5.10 Å². The highest BCUT2D eigenvalue weighted by molar-refractivity contribution is 6.32. The minimum atomic E-state index is -0.567. The Morgan fingerprint density at radius 3 is 2.53 bits per heavy atom. The van der Waals surface area contributed by atoms with Gasteiger partial charge in [0.2, 0.25) is 0 Å². The Kier molecular flexibility index (Phi) is 7.77. The molecule has 0 saturated carbocycles. The highest BCUT2D eigenvalue weighted by Crippen LogP contribution is 2.36. The van der Waals surface area contributed by atoms with Crippen molar-refractivity contribution in [1.82, 2.24) is 5.43 Å². The van der Waals surface area contributed by atoms with Crippen molar-refractivity contribution in [3.63, 3.8) is 0 Å². The zero-order valence-corrected chi connectivity index (χ0v) is 17.7. The van der Waals surface area contributed by atoms with E-state index in [1.54, 1.807) is 36.4 Å². The number of carbonyl (C=O) groups is 2. The Labute approximate surface area is 188 Å². The van der Waals surface area contributed by atoms with E-state index in [2.05, 4.69) is 15.8 Å². The van der Waals surface area contributed by atoms with Crippen LogP contribution in [-0.2, 0) is 4.79 Å². The molecule has 0 radical (unpaired) electrons. The largest absolute Gasteiger partial charge is 0.493 e. The van der Waals surface area contributed by atoms with Gasteiger partial charge in [0.25, 0.3) is 11.8 Å². The molecule has 7 nitrogen and oxygen atoms in total. The van der Waals surface area contributed by atoms with Gasteiger partial charge in [-0.05, 0) is 42.0 Å². The van der Waals surface area contributed by atoms with Gasteiger partial charge in [-0.25, -0.2) is 9.82 Å². The highest BCUT2D eigenvalue weighted by atomic mass is 35.5. The molecule has 0 atom stereocenters. The van der Waals surface area contributed by atoms with Gasteiger partial charge in [-0.3, -0.25) is 9.59 Å². The molecule has 3 aromatic carbocycles. The smallest absolute Gasteiger partial charge is 0.271 e. The number of hydrazone groups is 1. The summed E-state index contributed by atoms with van der Waals surface area (Å²) in [6.45, 7) is -0.412. The Morgan fingerprint density at radius 2 is 1.81 bits per heavy atom. The van der Waals surface area contributed by atoms with Gasteiger partial charge in [0.1, 0.15) is 5.82 Å². The minimum Gasteiger partial charge on any atom is -0.493 e. The molecular weight excluding hydrogens is 437 g/mol. The number of para-hydroxylation sites is 1. The van der Waals surface area contributed by atoms with Gasteiger partial charge in [-0.1, -0.05) is 41.9 Å². The van der Waals surface area contributed by atoms with Crippen molar-refractivity contribution in [2.45, 2.75) is 0 Å². The van der Waals surface area contributed by atoms with Crippen molar-refractivity contribution in [1.29, 1.82) is 0 Å². The molecule has 3 aromatic rings. The van der Waals surface area contributed by atoms with Crippen LogP contribution in [-0.4, -0.2) is 31.7 Å². The van der Waals surface area contributed by atoms with Crippen LogP contribution in [0.4, 0.5) is 10.1 Å². The maximum absolute atomic E-state index is 13.7. The van der Waals surface area contributed by atoms with Gasteiger partial charge in [0.15, 0.2) is 18.1 Å². The van der Waals surface area contributed by atoms with E-state index in [1.165, 1.54) is 37.6 Å². The van der Waals surface area contributed by atoms with E-state index in [1.807, 2.05) is 6.07 Å². The molecule has 0 aliphatic carbocycles. The third kappa shape index (κ3) is 6.05. The van der Waals surface area contributed by atoms with Crippen molar-refractivity contribution in [2.75, 3.05) is 19.0 Å². The van der Waals surface area contributed by atoms with E-state index >= 15 is 0 Å². The summed E-state index contributed by atoms with van der Waals surface area (Å²) in [5.74, 6) is -1.09. The van der Waals surface area contributed by atoms with Crippen LogP contribution in [0.2, 0.25) is 5.02 Å². The van der Waals surface area contributed by atoms with Gasteiger partial charge in [-0.2, -0.15) is 5.10 Å². The monoisotopic (exact) mass is 455 g/mol. The van der Waals surface area contributed by atoms with E-state index in [-0.39, 0.29) is 28.1 Å². The molecule has 0 bridgehead atoms. The number of halogens is 2. The van der Waals surface area contributed by atoms with E-state index < -0.39 is 18.3 Å². The van der Waals surface area contributed by atoms with E-state index in [0.717, 1.165) is 0 Å². The van der Waals surface area contributed by atoms with Crippen LogP contribution in [0.1, 0.15) is 15.9 Å². The van der Waals surface area contributed by atoms with Crippen LogP contribution in [0, 0.1) is 5.82 Å². The van der Waals surface area contributed by atoms with Crippen LogP contribution in [0.3, 0.4) is 0 Å². The molecule has 0 heterocycles. The predicted molar refractivity (Wildman–Crippen MR) is 120 cm³/mol. The normalized spacial score (nSPS) is 10.6. The first-order valence-corrected chi connectivity index (χ1v) is 9.79. The standard InChI is InChI=1S/C23H19ClFN3O4/c1-31-20-12-15(13-26-28-23(30)16-7-3-2-4-8-16)11-17(24)22(20)32-14-21(29)27-19-10-6-5-9-18(19)25/h2-13H,14H2,1H3,(H,27,29)(H,28,30)/b26-13+. The van der Waals surface area contributed by atoms with Crippen molar-refractivity contribution >= 4 is 35.3 Å². The number of hydrogen-bond acceptors (Lipinski definition) is 5. The minimum absolute atomic E-state index is 0.0447.